The number of benzene rings is 2. The highest BCUT2D eigenvalue weighted by Crippen LogP contribution is 2.17. The molecule has 0 heterocycles. The molecule has 144 valence electrons. The number of anilines is 1. The number of para-hydroxylation sites is 1. The smallest absolute Gasteiger partial charge is 0.255 e. The molecule has 0 saturated carbocycles. The van der Waals surface area contributed by atoms with Gasteiger partial charge in [0.15, 0.2) is 0 Å². The Kier molecular flexibility index (Phi) is 6.70. The van der Waals surface area contributed by atoms with Crippen LogP contribution in [-0.4, -0.2) is 33.3 Å². The van der Waals surface area contributed by atoms with Gasteiger partial charge in [0, 0.05) is 18.7 Å². The minimum absolute atomic E-state index is 0.0881. The first kappa shape index (κ1) is 20.6. The Balaban J connectivity index is 2.19. The quantitative estimate of drug-likeness (QED) is 0.676. The fourth-order valence-corrected chi connectivity index (χ4v) is 3.65. The number of sulfonamides is 1. The summed E-state index contributed by atoms with van der Waals surface area (Å²) in [5.74, 6) is -0.756. The molecule has 2 aromatic carbocycles. The number of hydrogen-bond donors (Lipinski definition) is 3. The van der Waals surface area contributed by atoms with Crippen LogP contribution in [0.15, 0.2) is 53.4 Å². The molecule has 0 bridgehead atoms. The average Bonchev–Trinajstić information content (AvgIpc) is 2.67. The lowest BCUT2D eigenvalue weighted by Gasteiger charge is -2.13. The third-order valence-corrected chi connectivity index (χ3v) is 5.65. The molecular formula is C19H23N3O4S. The molecule has 0 spiro atoms. The Labute approximate surface area is 159 Å². The van der Waals surface area contributed by atoms with Crippen molar-refractivity contribution in [3.05, 3.63) is 59.7 Å². The zero-order valence-electron chi connectivity index (χ0n) is 15.4. The maximum Gasteiger partial charge on any atom is 0.255 e. The number of nitrogens with one attached hydrogen (secondary N) is 3. The maximum atomic E-state index is 12.5. The zero-order chi connectivity index (χ0) is 20.0. The molecule has 0 aromatic heterocycles. The zero-order valence-corrected chi connectivity index (χ0v) is 16.3. The lowest BCUT2D eigenvalue weighted by molar-refractivity contribution is 0.0964. The fraction of sp³-hybridized carbons (Fsp3) is 0.263. The van der Waals surface area contributed by atoms with E-state index in [1.165, 1.54) is 31.3 Å². The van der Waals surface area contributed by atoms with E-state index in [-0.39, 0.29) is 22.4 Å². The third-order valence-electron chi connectivity index (χ3n) is 4.04. The van der Waals surface area contributed by atoms with E-state index in [1.807, 2.05) is 6.92 Å². The Morgan fingerprint density at radius 3 is 2.22 bits per heavy atom. The molecule has 27 heavy (non-hydrogen) atoms. The normalized spacial score (nSPS) is 12.3. The van der Waals surface area contributed by atoms with Gasteiger partial charge < -0.3 is 10.6 Å². The lowest BCUT2D eigenvalue weighted by atomic mass is 10.1. The minimum atomic E-state index is -3.63. The van der Waals surface area contributed by atoms with Gasteiger partial charge in [-0.3, -0.25) is 9.59 Å². The predicted octanol–water partition coefficient (Wildman–Crippen LogP) is 2.38. The van der Waals surface area contributed by atoms with Gasteiger partial charge in [0.25, 0.3) is 11.8 Å². The van der Waals surface area contributed by atoms with Crippen LogP contribution in [0, 0.1) is 0 Å². The van der Waals surface area contributed by atoms with E-state index in [2.05, 4.69) is 15.4 Å². The second-order valence-electron chi connectivity index (χ2n) is 6.03. The standard InChI is InChI=1S/C19H23N3O4S/c1-4-13(2)22-27(25,26)15-11-9-14(10-12-15)18(23)21-17-8-6-5-7-16(17)19(24)20-3/h5-13,22H,4H2,1-3H3,(H,20,24)(H,21,23). The monoisotopic (exact) mass is 389 g/mol. The van der Waals surface area contributed by atoms with Crippen molar-refractivity contribution >= 4 is 27.5 Å². The Morgan fingerprint density at radius 1 is 1.00 bits per heavy atom. The van der Waals surface area contributed by atoms with Gasteiger partial charge in [0.2, 0.25) is 10.0 Å². The number of amides is 2. The highest BCUT2D eigenvalue weighted by atomic mass is 32.2. The van der Waals surface area contributed by atoms with Crippen LogP contribution in [0.3, 0.4) is 0 Å². The van der Waals surface area contributed by atoms with Crippen molar-refractivity contribution in [1.29, 1.82) is 0 Å². The summed E-state index contributed by atoms with van der Waals surface area (Å²) >= 11 is 0. The van der Waals surface area contributed by atoms with E-state index >= 15 is 0 Å². The second kappa shape index (κ2) is 8.79. The maximum absolute atomic E-state index is 12.5. The van der Waals surface area contributed by atoms with Crippen LogP contribution in [0.2, 0.25) is 0 Å². The van der Waals surface area contributed by atoms with Gasteiger partial charge in [-0.05, 0) is 49.7 Å². The molecule has 1 atom stereocenters. The Hall–Kier alpha value is -2.71. The predicted molar refractivity (Wildman–Crippen MR) is 104 cm³/mol. The van der Waals surface area contributed by atoms with Crippen LogP contribution in [0.1, 0.15) is 41.0 Å². The molecule has 3 N–H and O–H groups in total. The van der Waals surface area contributed by atoms with Crippen molar-refractivity contribution in [2.45, 2.75) is 31.2 Å². The summed E-state index contributed by atoms with van der Waals surface area (Å²) in [5.41, 5.74) is 0.992. The average molecular weight is 389 g/mol. The minimum Gasteiger partial charge on any atom is -0.355 e. The van der Waals surface area contributed by atoms with Crippen LogP contribution in [0.25, 0.3) is 0 Å². The van der Waals surface area contributed by atoms with Gasteiger partial charge in [0.1, 0.15) is 0 Å². The van der Waals surface area contributed by atoms with Gasteiger partial charge in [-0.25, -0.2) is 13.1 Å². The first-order chi connectivity index (χ1) is 12.8. The Bertz CT molecular complexity index is 924. The van der Waals surface area contributed by atoms with Gasteiger partial charge in [0.05, 0.1) is 16.1 Å². The van der Waals surface area contributed by atoms with E-state index in [4.69, 9.17) is 0 Å². The molecule has 2 aromatic rings. The summed E-state index contributed by atoms with van der Waals surface area (Å²) in [5, 5.41) is 5.19. The van der Waals surface area contributed by atoms with Crippen LogP contribution in [-0.2, 0) is 10.0 Å². The SMILES string of the molecule is CCC(C)NS(=O)(=O)c1ccc(C(=O)Nc2ccccc2C(=O)NC)cc1. The van der Waals surface area contributed by atoms with Crippen molar-refractivity contribution in [1.82, 2.24) is 10.0 Å². The summed E-state index contributed by atoms with van der Waals surface area (Å²) in [7, 11) is -2.12. The summed E-state index contributed by atoms with van der Waals surface area (Å²) in [6, 6.07) is 12.1. The first-order valence-electron chi connectivity index (χ1n) is 8.53. The molecule has 1 unspecified atom stereocenters. The molecule has 0 aliphatic carbocycles. The molecule has 7 nitrogen and oxygen atoms in total. The highest BCUT2D eigenvalue weighted by molar-refractivity contribution is 7.89. The molecule has 0 aliphatic heterocycles. The molecule has 2 rings (SSSR count). The van der Waals surface area contributed by atoms with Gasteiger partial charge in [-0.2, -0.15) is 0 Å². The van der Waals surface area contributed by atoms with E-state index in [0.29, 0.717) is 17.7 Å². The number of carbonyl (C=O) groups is 2. The number of rotatable bonds is 7. The van der Waals surface area contributed by atoms with E-state index in [1.54, 1.807) is 31.2 Å². The molecule has 8 heteroatoms. The highest BCUT2D eigenvalue weighted by Gasteiger charge is 2.18. The van der Waals surface area contributed by atoms with Gasteiger partial charge >= 0.3 is 0 Å². The molecular weight excluding hydrogens is 366 g/mol. The van der Waals surface area contributed by atoms with E-state index in [9.17, 15) is 18.0 Å². The van der Waals surface area contributed by atoms with Crippen molar-refractivity contribution in [3.8, 4) is 0 Å². The van der Waals surface area contributed by atoms with Gasteiger partial charge in [-0.15, -0.1) is 0 Å². The summed E-state index contributed by atoms with van der Waals surface area (Å²) < 4.78 is 27.1. The van der Waals surface area contributed by atoms with Crippen LogP contribution in [0.5, 0.6) is 0 Å². The Morgan fingerprint density at radius 2 is 1.63 bits per heavy atom. The molecule has 0 radical (unpaired) electrons. The molecule has 0 aliphatic rings. The summed E-state index contributed by atoms with van der Waals surface area (Å²) in [6.45, 7) is 3.67. The van der Waals surface area contributed by atoms with E-state index < -0.39 is 15.9 Å². The number of carbonyl (C=O) groups excluding carboxylic acids is 2. The second-order valence-corrected chi connectivity index (χ2v) is 7.75. The molecule has 2 amide bonds. The lowest BCUT2D eigenvalue weighted by Crippen LogP contribution is -2.32. The first-order valence-corrected chi connectivity index (χ1v) is 10.0. The number of hydrogen-bond acceptors (Lipinski definition) is 4. The van der Waals surface area contributed by atoms with Crippen molar-refractivity contribution < 1.29 is 18.0 Å². The fourth-order valence-electron chi connectivity index (χ4n) is 2.32. The largest absolute Gasteiger partial charge is 0.355 e. The van der Waals surface area contributed by atoms with Crippen LogP contribution < -0.4 is 15.4 Å². The van der Waals surface area contributed by atoms with Crippen molar-refractivity contribution in [2.24, 2.45) is 0 Å². The third kappa shape index (κ3) is 5.15. The van der Waals surface area contributed by atoms with Crippen LogP contribution >= 0.6 is 0 Å². The molecule has 0 fully saturated rings. The van der Waals surface area contributed by atoms with Gasteiger partial charge in [-0.1, -0.05) is 19.1 Å². The van der Waals surface area contributed by atoms with Crippen molar-refractivity contribution in [2.75, 3.05) is 12.4 Å². The summed E-state index contributed by atoms with van der Waals surface area (Å²) in [6.07, 6.45) is 0.671. The van der Waals surface area contributed by atoms with E-state index in [0.717, 1.165) is 0 Å². The molecule has 0 saturated heterocycles. The van der Waals surface area contributed by atoms with Crippen molar-refractivity contribution in [3.63, 3.8) is 0 Å². The topological polar surface area (TPSA) is 104 Å². The van der Waals surface area contributed by atoms with Crippen LogP contribution in [0.4, 0.5) is 5.69 Å². The summed E-state index contributed by atoms with van der Waals surface area (Å²) in [4.78, 5) is 24.4.